The Kier molecular flexibility index (Phi) is 16.7. The van der Waals surface area contributed by atoms with Crippen LogP contribution in [0.2, 0.25) is 0 Å². The van der Waals surface area contributed by atoms with Crippen LogP contribution in [0.5, 0.6) is 0 Å². The van der Waals surface area contributed by atoms with Crippen LogP contribution in [0.3, 0.4) is 0 Å². The van der Waals surface area contributed by atoms with Crippen molar-refractivity contribution in [3.05, 3.63) is 0 Å². The number of ether oxygens (including phenoxy) is 2. The molecule has 0 unspecified atom stereocenters. The molecule has 0 aliphatic carbocycles. The predicted octanol–water partition coefficient (Wildman–Crippen LogP) is -2.04. The molecular weight excluding hydrogens is 420 g/mol. The summed E-state index contributed by atoms with van der Waals surface area (Å²) < 4.78 is 10.4. The molecule has 1 radical (unpaired) electrons. The number of hydrogen-bond acceptors (Lipinski definition) is 8. The van der Waals surface area contributed by atoms with Gasteiger partial charge in [0.05, 0.1) is 52.6 Å². The van der Waals surface area contributed by atoms with Crippen molar-refractivity contribution in [2.45, 2.75) is 0 Å². The molecule has 0 amide bonds. The molecule has 13 heteroatoms. The van der Waals surface area contributed by atoms with Crippen molar-refractivity contribution in [1.29, 1.82) is 0 Å². The van der Waals surface area contributed by atoms with Gasteiger partial charge in [-0.05, 0) is 0 Å². The van der Waals surface area contributed by atoms with Gasteiger partial charge in [-0.1, -0.05) is 0 Å². The third-order valence-electron chi connectivity index (χ3n) is 2.91. The molecule has 0 spiro atoms. The summed E-state index contributed by atoms with van der Waals surface area (Å²) in [6, 6.07) is 0. The Bertz CT molecular complexity index is 403. The van der Waals surface area contributed by atoms with Gasteiger partial charge in [0, 0.05) is 30.2 Å². The van der Waals surface area contributed by atoms with E-state index in [4.69, 9.17) is 29.9 Å². The van der Waals surface area contributed by atoms with Crippen LogP contribution in [0.4, 0.5) is 0 Å². The van der Waals surface area contributed by atoms with Gasteiger partial charge < -0.3 is 29.9 Å². The zero-order chi connectivity index (χ0) is 19.9. The Morgan fingerprint density at radius 2 is 0.815 bits per heavy atom. The topological polar surface area (TPSA) is 174 Å². The molecule has 0 heterocycles. The first-order chi connectivity index (χ1) is 12.2. The van der Waals surface area contributed by atoms with E-state index in [0.717, 1.165) is 0 Å². The molecule has 0 fully saturated rings. The summed E-state index contributed by atoms with van der Waals surface area (Å²) >= 11 is 0. The molecule has 0 aliphatic rings. The second-order valence-corrected chi connectivity index (χ2v) is 5.22. The summed E-state index contributed by atoms with van der Waals surface area (Å²) in [7, 11) is 0. The minimum atomic E-state index is -1.14. The van der Waals surface area contributed by atoms with Crippen LogP contribution < -0.4 is 0 Å². The largest absolute Gasteiger partial charge is 0.480 e. The van der Waals surface area contributed by atoms with E-state index in [2.05, 4.69) is 0 Å². The van der Waals surface area contributed by atoms with Crippen LogP contribution in [0.15, 0.2) is 0 Å². The number of nitrogens with zero attached hydrogens (tertiary/aromatic N) is 2. The minimum absolute atomic E-state index is 0. The summed E-state index contributed by atoms with van der Waals surface area (Å²) in [5, 5.41) is 34.7. The van der Waals surface area contributed by atoms with Crippen LogP contribution in [-0.2, 0) is 45.7 Å². The van der Waals surface area contributed by atoms with Crippen molar-refractivity contribution in [2.24, 2.45) is 0 Å². The average Bonchev–Trinajstić information content (AvgIpc) is 2.47. The normalized spacial score (nSPS) is 10.6. The van der Waals surface area contributed by atoms with Crippen LogP contribution >= 0.6 is 0 Å². The van der Waals surface area contributed by atoms with Crippen molar-refractivity contribution in [1.82, 2.24) is 9.80 Å². The molecule has 0 aromatic heterocycles. The van der Waals surface area contributed by atoms with E-state index in [1.165, 1.54) is 9.80 Å². The van der Waals surface area contributed by atoms with Gasteiger partial charge >= 0.3 is 23.9 Å². The third-order valence-corrected chi connectivity index (χ3v) is 2.91. The summed E-state index contributed by atoms with van der Waals surface area (Å²) in [5.74, 6) is -4.55. The van der Waals surface area contributed by atoms with E-state index < -0.39 is 50.1 Å². The summed E-state index contributed by atoms with van der Waals surface area (Å²) in [4.78, 5) is 44.9. The Morgan fingerprint density at radius 1 is 0.556 bits per heavy atom. The molecule has 0 bridgehead atoms. The Hall–Kier alpha value is -1.76. The van der Waals surface area contributed by atoms with Crippen molar-refractivity contribution in [2.75, 3.05) is 65.7 Å². The van der Waals surface area contributed by atoms with E-state index in [1.54, 1.807) is 0 Å². The van der Waals surface area contributed by atoms with Crippen LogP contribution in [0.25, 0.3) is 0 Å². The Morgan fingerprint density at radius 3 is 1.04 bits per heavy atom. The average molecular weight is 444 g/mol. The zero-order valence-electron chi connectivity index (χ0n) is 14.5. The minimum Gasteiger partial charge on any atom is -0.480 e. The van der Waals surface area contributed by atoms with Crippen LogP contribution in [0, 0.1) is 0 Å². The Labute approximate surface area is 166 Å². The predicted molar refractivity (Wildman–Crippen MR) is 85.1 cm³/mol. The molecule has 0 aromatic carbocycles. The molecule has 0 atom stereocenters. The molecule has 0 rings (SSSR count). The van der Waals surface area contributed by atoms with E-state index in [9.17, 15) is 19.2 Å². The van der Waals surface area contributed by atoms with Crippen molar-refractivity contribution in [3.8, 4) is 0 Å². The summed E-state index contributed by atoms with van der Waals surface area (Å²) in [5.41, 5.74) is 0. The quantitative estimate of drug-likeness (QED) is 0.143. The van der Waals surface area contributed by atoms with Gasteiger partial charge in [-0.15, -0.1) is 0 Å². The summed E-state index contributed by atoms with van der Waals surface area (Å²) in [6.45, 7) is -0.790. The number of rotatable bonds is 17. The number of carbonyl (C=O) groups is 4. The molecule has 0 aliphatic heterocycles. The maximum Gasteiger partial charge on any atom is 0.317 e. The SMILES string of the molecule is O=C(O)CN(CCOCCOCCN(CC(=O)O)CC(=O)O)CC(=O)O.[Cu]. The second-order valence-electron chi connectivity index (χ2n) is 5.22. The first-order valence-corrected chi connectivity index (χ1v) is 7.68. The first kappa shape index (κ1) is 27.5. The maximum absolute atomic E-state index is 10.6. The second kappa shape index (κ2) is 16.4. The number of hydrogen-bond donors (Lipinski definition) is 4. The van der Waals surface area contributed by atoms with Crippen molar-refractivity contribution in [3.63, 3.8) is 0 Å². The maximum atomic E-state index is 10.6. The van der Waals surface area contributed by atoms with Crippen molar-refractivity contribution >= 4 is 23.9 Å². The van der Waals surface area contributed by atoms with Gasteiger partial charge in [0.15, 0.2) is 0 Å². The molecule has 0 saturated carbocycles. The van der Waals surface area contributed by atoms with Gasteiger partial charge in [0.25, 0.3) is 0 Å². The molecule has 0 aromatic rings. The number of carboxylic acids is 4. The molecule has 12 nitrogen and oxygen atoms in total. The van der Waals surface area contributed by atoms with E-state index in [1.807, 2.05) is 0 Å². The zero-order valence-corrected chi connectivity index (χ0v) is 15.4. The van der Waals surface area contributed by atoms with Crippen molar-refractivity contribution < 1.29 is 66.1 Å². The van der Waals surface area contributed by atoms with Gasteiger partial charge in [-0.2, -0.15) is 0 Å². The fraction of sp³-hybridized carbons (Fsp3) is 0.714. The van der Waals surface area contributed by atoms with Crippen LogP contribution in [0.1, 0.15) is 0 Å². The summed E-state index contributed by atoms with van der Waals surface area (Å²) in [6.07, 6.45) is 0. The Balaban J connectivity index is 0. The number of carboxylic acid groups (broad SMARTS) is 4. The molecular formula is C14H24CuN2O10. The molecule has 4 N–H and O–H groups in total. The molecule has 27 heavy (non-hydrogen) atoms. The first-order valence-electron chi connectivity index (χ1n) is 7.68. The standard InChI is InChI=1S/C14H24N2O10.Cu/c17-11(18)7-15(8-12(19)20)1-3-25-5-6-26-4-2-16(9-13(21)22)10-14(23)24;/h1-10H2,(H,17,18)(H,19,20)(H,21,22)(H,23,24);. The fourth-order valence-corrected chi connectivity index (χ4v) is 1.90. The molecule has 0 saturated heterocycles. The van der Waals surface area contributed by atoms with Gasteiger partial charge in [0.1, 0.15) is 0 Å². The number of aliphatic carboxylic acids is 4. The van der Waals surface area contributed by atoms with Gasteiger partial charge in [0.2, 0.25) is 0 Å². The molecule has 161 valence electrons. The van der Waals surface area contributed by atoms with E-state index in [0.29, 0.717) is 0 Å². The fourth-order valence-electron chi connectivity index (χ4n) is 1.90. The van der Waals surface area contributed by atoms with Gasteiger partial charge in [-0.25, -0.2) is 0 Å². The monoisotopic (exact) mass is 443 g/mol. The van der Waals surface area contributed by atoms with E-state index >= 15 is 0 Å². The smallest absolute Gasteiger partial charge is 0.317 e. The van der Waals surface area contributed by atoms with Crippen LogP contribution in [-0.4, -0.2) is 120 Å². The van der Waals surface area contributed by atoms with E-state index in [-0.39, 0.29) is 56.6 Å². The third kappa shape index (κ3) is 18.8. The van der Waals surface area contributed by atoms with Gasteiger partial charge in [-0.3, -0.25) is 29.0 Å².